The first kappa shape index (κ1) is 27.1. The van der Waals surface area contributed by atoms with Gasteiger partial charge in [0.1, 0.15) is 18.0 Å². The summed E-state index contributed by atoms with van der Waals surface area (Å²) >= 11 is 5.76. The maximum Gasteiger partial charge on any atom is 0.293 e. The first-order valence-corrected chi connectivity index (χ1v) is 12.6. The van der Waals surface area contributed by atoms with E-state index in [4.69, 9.17) is 0 Å². The fourth-order valence-corrected chi connectivity index (χ4v) is 4.16. The lowest BCUT2D eigenvalue weighted by Crippen LogP contribution is -2.37. The summed E-state index contributed by atoms with van der Waals surface area (Å²) < 4.78 is 18.6. The van der Waals surface area contributed by atoms with E-state index in [1.807, 2.05) is 19.2 Å². The summed E-state index contributed by atoms with van der Waals surface area (Å²) in [6.07, 6.45) is 5.63. The van der Waals surface area contributed by atoms with E-state index in [9.17, 15) is 9.18 Å². The predicted molar refractivity (Wildman–Crippen MR) is 137 cm³/mol. The molecule has 0 radical (unpaired) electrons. The van der Waals surface area contributed by atoms with Gasteiger partial charge in [0.2, 0.25) is 0 Å². The van der Waals surface area contributed by atoms with Crippen LogP contribution in [0.4, 0.5) is 10.2 Å². The van der Waals surface area contributed by atoms with Crippen LogP contribution < -0.4 is 5.32 Å². The fourth-order valence-electron chi connectivity index (χ4n) is 3.43. The number of aromatic nitrogens is 2. The molecule has 1 aromatic carbocycles. The van der Waals surface area contributed by atoms with E-state index in [0.717, 1.165) is 54.1 Å². The molecule has 0 amide bonds. The van der Waals surface area contributed by atoms with Gasteiger partial charge >= 0.3 is 0 Å². The fraction of sp³-hybridized carbons (Fsp3) is 0.458. The summed E-state index contributed by atoms with van der Waals surface area (Å²) in [5.74, 6) is 0.604. The normalized spacial score (nSPS) is 15.1. The number of benzene rings is 1. The zero-order valence-corrected chi connectivity index (χ0v) is 21.5. The van der Waals surface area contributed by atoms with E-state index in [1.54, 1.807) is 37.7 Å². The zero-order chi connectivity index (χ0) is 24.4. The Hall–Kier alpha value is -2.10. The van der Waals surface area contributed by atoms with Crippen LogP contribution in [0.2, 0.25) is 0 Å². The summed E-state index contributed by atoms with van der Waals surface area (Å²) in [4.78, 5) is 21.3. The van der Waals surface area contributed by atoms with Crippen molar-refractivity contribution in [1.82, 2.24) is 14.9 Å². The van der Waals surface area contributed by atoms with Crippen LogP contribution in [0.1, 0.15) is 43.5 Å². The van der Waals surface area contributed by atoms with E-state index < -0.39 is 0 Å². The van der Waals surface area contributed by atoms with E-state index in [1.165, 1.54) is 11.8 Å². The lowest BCUT2D eigenvalue weighted by Gasteiger charge is -2.30. The van der Waals surface area contributed by atoms with Crippen LogP contribution in [0.25, 0.3) is 5.57 Å². The highest BCUT2D eigenvalue weighted by molar-refractivity contribution is 7.98. The third kappa shape index (κ3) is 8.01. The molecule has 3 rings (SSSR count). The third-order valence-corrected chi connectivity index (χ3v) is 6.35. The number of hydrogen-bond acceptors (Lipinski definition) is 8. The predicted octanol–water partition coefficient (Wildman–Crippen LogP) is 5.04. The second kappa shape index (κ2) is 13.6. The van der Waals surface area contributed by atoms with Gasteiger partial charge in [0, 0.05) is 22.1 Å². The first-order chi connectivity index (χ1) is 15.8. The number of carbonyl (C=O) groups excluding carboxylic acids is 1. The van der Waals surface area contributed by atoms with Crippen molar-refractivity contribution in [2.45, 2.75) is 50.7 Å². The van der Waals surface area contributed by atoms with Crippen LogP contribution in [0.3, 0.4) is 0 Å². The molecule has 180 valence electrons. The average Bonchev–Trinajstić information content (AvgIpc) is 2.78. The number of nitrogens with one attached hydrogen (secondary N) is 1. The van der Waals surface area contributed by atoms with Gasteiger partial charge in [0.25, 0.3) is 6.47 Å². The van der Waals surface area contributed by atoms with Gasteiger partial charge in [-0.15, -0.1) is 11.8 Å². The molecule has 33 heavy (non-hydrogen) atoms. The minimum atomic E-state index is -0.232. The van der Waals surface area contributed by atoms with E-state index in [-0.39, 0.29) is 11.9 Å². The molecule has 9 heteroatoms. The lowest BCUT2D eigenvalue weighted by atomic mass is 10.00. The van der Waals surface area contributed by atoms with Gasteiger partial charge in [-0.05, 0) is 83.1 Å². The molecular weight excluding hydrogens is 459 g/mol. The second-order valence-corrected chi connectivity index (χ2v) is 9.20. The number of anilines is 1. The average molecular weight is 493 g/mol. The number of likely N-dealkylation sites (tertiary alicyclic amines) is 1. The number of nitrogens with zero attached hydrogens (tertiary/aromatic N) is 3. The Morgan fingerprint density at radius 1 is 1.33 bits per heavy atom. The molecular formula is C24H33FN4O2S2. The topological polar surface area (TPSA) is 67.3 Å². The number of ether oxygens (including phenoxy) is 1. The van der Waals surface area contributed by atoms with Gasteiger partial charge in [-0.3, -0.25) is 4.79 Å². The third-order valence-electron chi connectivity index (χ3n) is 5.32. The molecule has 0 bridgehead atoms. The molecule has 0 saturated carbocycles. The quantitative estimate of drug-likeness (QED) is 0.319. The number of thiol groups is 1. The SMILES string of the molecule is CC(C)OC=O.CSc1ccc(/C(=C/S)c2ncnc(NC3CCN(C)CC3)c2C)cc1F. The summed E-state index contributed by atoms with van der Waals surface area (Å²) in [6, 6.07) is 5.65. The minimum Gasteiger partial charge on any atom is -0.465 e. The van der Waals surface area contributed by atoms with Crippen LogP contribution in [0.5, 0.6) is 0 Å². The molecule has 1 saturated heterocycles. The Morgan fingerprint density at radius 3 is 2.55 bits per heavy atom. The second-order valence-electron chi connectivity index (χ2n) is 8.09. The summed E-state index contributed by atoms with van der Waals surface area (Å²) in [6.45, 7) is 8.21. The molecule has 0 atom stereocenters. The number of carbonyl (C=O) groups is 1. The Labute approximate surface area is 205 Å². The largest absolute Gasteiger partial charge is 0.465 e. The molecule has 2 heterocycles. The molecule has 0 unspecified atom stereocenters. The molecule has 0 spiro atoms. The maximum atomic E-state index is 14.3. The highest BCUT2D eigenvalue weighted by Gasteiger charge is 2.20. The van der Waals surface area contributed by atoms with Crippen molar-refractivity contribution in [3.05, 3.63) is 52.6 Å². The Balaban J connectivity index is 0.000000569. The van der Waals surface area contributed by atoms with Gasteiger partial charge in [-0.2, -0.15) is 12.6 Å². The molecule has 2 aromatic rings. The van der Waals surface area contributed by atoms with Crippen molar-refractivity contribution in [2.24, 2.45) is 0 Å². The summed E-state index contributed by atoms with van der Waals surface area (Å²) in [5, 5.41) is 5.25. The van der Waals surface area contributed by atoms with Gasteiger partial charge in [-0.1, -0.05) is 6.07 Å². The van der Waals surface area contributed by atoms with Crippen LogP contribution in [-0.4, -0.2) is 59.9 Å². The van der Waals surface area contributed by atoms with Crippen LogP contribution >= 0.6 is 24.4 Å². The standard InChI is InChI=1S/C20H25FN4S2.C4H8O2/c1-13-19(16(11-26)14-4-5-18(27-3)17(21)10-14)22-12-23-20(13)24-15-6-8-25(2)9-7-15;1-4(2)6-3-5/h4-5,10-12,15,26H,6-9H2,1-3H3,(H,22,23,24);3-4H,1-2H3/b16-11-;. The lowest BCUT2D eigenvalue weighted by molar-refractivity contribution is -0.131. The Morgan fingerprint density at radius 2 is 2.03 bits per heavy atom. The van der Waals surface area contributed by atoms with Crippen LogP contribution in [0.15, 0.2) is 34.8 Å². The Kier molecular flexibility index (Phi) is 11.2. The van der Waals surface area contributed by atoms with Crippen molar-refractivity contribution >= 4 is 42.3 Å². The van der Waals surface area contributed by atoms with E-state index in [2.05, 4.69) is 44.6 Å². The number of hydrogen-bond donors (Lipinski definition) is 2. The van der Waals surface area contributed by atoms with E-state index >= 15 is 0 Å². The maximum absolute atomic E-state index is 14.3. The Bertz CT molecular complexity index is 948. The molecule has 1 aliphatic rings. The smallest absolute Gasteiger partial charge is 0.293 e. The summed E-state index contributed by atoms with van der Waals surface area (Å²) in [5.41, 5.74) is 3.27. The van der Waals surface area contributed by atoms with Crippen LogP contribution in [0, 0.1) is 12.7 Å². The van der Waals surface area contributed by atoms with Crippen molar-refractivity contribution in [3.63, 3.8) is 0 Å². The molecule has 0 aliphatic carbocycles. The highest BCUT2D eigenvalue weighted by atomic mass is 32.2. The van der Waals surface area contributed by atoms with Crippen molar-refractivity contribution in [1.29, 1.82) is 0 Å². The number of halogens is 1. The molecule has 1 aromatic heterocycles. The number of rotatable bonds is 7. The highest BCUT2D eigenvalue weighted by Crippen LogP contribution is 2.31. The zero-order valence-electron chi connectivity index (χ0n) is 19.8. The molecule has 6 nitrogen and oxygen atoms in total. The summed E-state index contributed by atoms with van der Waals surface area (Å²) in [7, 11) is 2.15. The molecule has 1 fully saturated rings. The number of piperidine rings is 1. The van der Waals surface area contributed by atoms with E-state index in [0.29, 0.717) is 17.4 Å². The first-order valence-electron chi connectivity index (χ1n) is 10.8. The van der Waals surface area contributed by atoms with Gasteiger partial charge in [0.15, 0.2) is 0 Å². The van der Waals surface area contributed by atoms with Gasteiger partial charge in [0.05, 0.1) is 11.8 Å². The van der Waals surface area contributed by atoms with Gasteiger partial charge < -0.3 is 15.0 Å². The monoisotopic (exact) mass is 492 g/mol. The van der Waals surface area contributed by atoms with Crippen molar-refractivity contribution in [3.8, 4) is 0 Å². The van der Waals surface area contributed by atoms with Gasteiger partial charge in [-0.25, -0.2) is 14.4 Å². The number of thioether (sulfide) groups is 1. The van der Waals surface area contributed by atoms with Crippen molar-refractivity contribution in [2.75, 3.05) is 31.7 Å². The van der Waals surface area contributed by atoms with Crippen molar-refractivity contribution < 1.29 is 13.9 Å². The minimum absolute atomic E-state index is 0.0301. The molecule has 1 N–H and O–H groups in total. The van der Waals surface area contributed by atoms with Crippen LogP contribution in [-0.2, 0) is 9.53 Å². The molecule has 1 aliphatic heterocycles.